The van der Waals surface area contributed by atoms with E-state index in [1.54, 1.807) is 12.4 Å². The Hall–Kier alpha value is -1.32. The predicted octanol–water partition coefficient (Wildman–Crippen LogP) is 2.30. The van der Waals surface area contributed by atoms with Crippen molar-refractivity contribution in [2.45, 2.75) is 39.2 Å². The summed E-state index contributed by atoms with van der Waals surface area (Å²) in [7, 11) is 0. The summed E-state index contributed by atoms with van der Waals surface area (Å²) in [5.41, 5.74) is 6.16. The van der Waals surface area contributed by atoms with Gasteiger partial charge in [-0.05, 0) is 24.7 Å². The lowest BCUT2D eigenvalue weighted by atomic mass is 9.94. The number of nitrogen functional groups attached to an aromatic ring is 1. The third kappa shape index (κ3) is 2.26. The number of nitrogens with two attached hydrogens (primary N) is 1. The standard InChI is InChI=1S/C12H20N4/c1-3-9-4-5-11(8(9)2)16-12-14-6-10(13)7-15-12/h6-9,11H,3-5,13H2,1-2H3,(H,14,15,16). The molecular weight excluding hydrogens is 200 g/mol. The molecule has 3 atom stereocenters. The minimum Gasteiger partial charge on any atom is -0.396 e. The molecule has 0 radical (unpaired) electrons. The second kappa shape index (κ2) is 4.68. The molecular formula is C12H20N4. The van der Waals surface area contributed by atoms with Crippen molar-refractivity contribution in [2.24, 2.45) is 11.8 Å². The second-order valence-corrected chi connectivity index (χ2v) is 4.70. The van der Waals surface area contributed by atoms with Gasteiger partial charge in [-0.3, -0.25) is 0 Å². The zero-order valence-corrected chi connectivity index (χ0v) is 9.98. The average molecular weight is 220 g/mol. The fourth-order valence-corrected chi connectivity index (χ4v) is 2.61. The number of hydrogen-bond donors (Lipinski definition) is 2. The van der Waals surface area contributed by atoms with Crippen molar-refractivity contribution < 1.29 is 0 Å². The molecule has 4 heteroatoms. The molecule has 3 unspecified atom stereocenters. The molecule has 1 aliphatic rings. The summed E-state index contributed by atoms with van der Waals surface area (Å²) in [4.78, 5) is 8.36. The first kappa shape index (κ1) is 11.2. The maximum atomic E-state index is 5.55. The molecule has 0 aromatic carbocycles. The Bertz CT molecular complexity index is 335. The van der Waals surface area contributed by atoms with Crippen LogP contribution in [-0.4, -0.2) is 16.0 Å². The van der Waals surface area contributed by atoms with Crippen LogP contribution in [0.1, 0.15) is 33.1 Å². The summed E-state index contributed by atoms with van der Waals surface area (Å²) < 4.78 is 0. The van der Waals surface area contributed by atoms with Crippen molar-refractivity contribution in [1.29, 1.82) is 0 Å². The lowest BCUT2D eigenvalue weighted by Gasteiger charge is -2.20. The van der Waals surface area contributed by atoms with E-state index in [2.05, 4.69) is 29.1 Å². The summed E-state index contributed by atoms with van der Waals surface area (Å²) in [6.07, 6.45) is 7.08. The van der Waals surface area contributed by atoms with Gasteiger partial charge >= 0.3 is 0 Å². The number of hydrogen-bond acceptors (Lipinski definition) is 4. The van der Waals surface area contributed by atoms with Gasteiger partial charge in [0.25, 0.3) is 0 Å². The third-order valence-electron chi connectivity index (χ3n) is 3.74. The van der Waals surface area contributed by atoms with E-state index in [4.69, 9.17) is 5.73 Å². The van der Waals surface area contributed by atoms with E-state index in [0.29, 0.717) is 23.6 Å². The van der Waals surface area contributed by atoms with Crippen molar-refractivity contribution in [2.75, 3.05) is 11.1 Å². The molecule has 1 fully saturated rings. The van der Waals surface area contributed by atoms with Crippen LogP contribution in [0, 0.1) is 11.8 Å². The SMILES string of the molecule is CCC1CCC(Nc2ncc(N)cn2)C1C. The zero-order valence-electron chi connectivity index (χ0n) is 9.98. The van der Waals surface area contributed by atoms with Gasteiger partial charge in [0.1, 0.15) is 0 Å². The van der Waals surface area contributed by atoms with Crippen molar-refractivity contribution in [3.8, 4) is 0 Å². The maximum Gasteiger partial charge on any atom is 0.222 e. The first-order valence-electron chi connectivity index (χ1n) is 6.04. The molecule has 1 aliphatic carbocycles. The molecule has 1 aromatic heterocycles. The van der Waals surface area contributed by atoms with Gasteiger partial charge in [0, 0.05) is 6.04 Å². The van der Waals surface area contributed by atoms with E-state index in [1.807, 2.05) is 0 Å². The Morgan fingerprint density at radius 1 is 1.38 bits per heavy atom. The Morgan fingerprint density at radius 2 is 2.06 bits per heavy atom. The first-order chi connectivity index (χ1) is 7.70. The quantitative estimate of drug-likeness (QED) is 0.820. The van der Waals surface area contributed by atoms with Gasteiger partial charge in [-0.1, -0.05) is 20.3 Å². The van der Waals surface area contributed by atoms with Crippen molar-refractivity contribution in [3.05, 3.63) is 12.4 Å². The summed E-state index contributed by atoms with van der Waals surface area (Å²) in [5, 5.41) is 3.40. The molecule has 0 saturated heterocycles. The number of aromatic nitrogens is 2. The summed E-state index contributed by atoms with van der Waals surface area (Å²) in [5.74, 6) is 2.24. The Labute approximate surface area is 96.7 Å². The van der Waals surface area contributed by atoms with Gasteiger partial charge in [0.15, 0.2) is 0 Å². The smallest absolute Gasteiger partial charge is 0.222 e. The summed E-state index contributed by atoms with van der Waals surface area (Å²) in [6.45, 7) is 4.58. The molecule has 1 saturated carbocycles. The maximum absolute atomic E-state index is 5.55. The zero-order chi connectivity index (χ0) is 11.5. The van der Waals surface area contributed by atoms with Gasteiger partial charge in [0.2, 0.25) is 5.95 Å². The van der Waals surface area contributed by atoms with Crippen LogP contribution in [-0.2, 0) is 0 Å². The number of rotatable bonds is 3. The Kier molecular flexibility index (Phi) is 3.27. The van der Waals surface area contributed by atoms with Crippen LogP contribution in [0.15, 0.2) is 12.4 Å². The van der Waals surface area contributed by atoms with Gasteiger partial charge < -0.3 is 11.1 Å². The minimum absolute atomic E-state index is 0.508. The lowest BCUT2D eigenvalue weighted by Crippen LogP contribution is -2.25. The van der Waals surface area contributed by atoms with Gasteiger partial charge in [-0.2, -0.15) is 0 Å². The number of nitrogens with zero attached hydrogens (tertiary/aromatic N) is 2. The van der Waals surface area contributed by atoms with Crippen LogP contribution in [0.4, 0.5) is 11.6 Å². The van der Waals surface area contributed by atoms with Crippen LogP contribution in [0.2, 0.25) is 0 Å². The van der Waals surface area contributed by atoms with E-state index < -0.39 is 0 Å². The highest BCUT2D eigenvalue weighted by atomic mass is 15.1. The molecule has 0 spiro atoms. The molecule has 4 nitrogen and oxygen atoms in total. The Morgan fingerprint density at radius 3 is 2.62 bits per heavy atom. The number of anilines is 2. The van der Waals surface area contributed by atoms with Crippen LogP contribution in [0.3, 0.4) is 0 Å². The molecule has 1 aromatic rings. The largest absolute Gasteiger partial charge is 0.396 e. The van der Waals surface area contributed by atoms with E-state index in [0.717, 1.165) is 5.92 Å². The molecule has 16 heavy (non-hydrogen) atoms. The summed E-state index contributed by atoms with van der Waals surface area (Å²) >= 11 is 0. The molecule has 1 heterocycles. The van der Waals surface area contributed by atoms with Crippen molar-refractivity contribution >= 4 is 11.6 Å². The highest BCUT2D eigenvalue weighted by molar-refractivity contribution is 5.36. The fraction of sp³-hybridized carbons (Fsp3) is 0.667. The molecule has 0 bridgehead atoms. The van der Waals surface area contributed by atoms with Crippen LogP contribution in [0.25, 0.3) is 0 Å². The minimum atomic E-state index is 0.508. The van der Waals surface area contributed by atoms with Crippen LogP contribution in [0.5, 0.6) is 0 Å². The van der Waals surface area contributed by atoms with Crippen molar-refractivity contribution in [3.63, 3.8) is 0 Å². The van der Waals surface area contributed by atoms with E-state index in [9.17, 15) is 0 Å². The van der Waals surface area contributed by atoms with Gasteiger partial charge in [-0.15, -0.1) is 0 Å². The average Bonchev–Trinajstić information content (AvgIpc) is 2.63. The molecule has 0 amide bonds. The highest BCUT2D eigenvalue weighted by Crippen LogP contribution is 2.35. The molecule has 2 rings (SSSR count). The normalized spacial score (nSPS) is 29.2. The van der Waals surface area contributed by atoms with E-state index >= 15 is 0 Å². The predicted molar refractivity (Wildman–Crippen MR) is 66.0 cm³/mol. The van der Waals surface area contributed by atoms with Gasteiger partial charge in [-0.25, -0.2) is 9.97 Å². The molecule has 3 N–H and O–H groups in total. The molecule has 0 aliphatic heterocycles. The van der Waals surface area contributed by atoms with Crippen molar-refractivity contribution in [1.82, 2.24) is 9.97 Å². The summed E-state index contributed by atoms with van der Waals surface area (Å²) in [6, 6.07) is 0.508. The first-order valence-corrected chi connectivity index (χ1v) is 6.04. The third-order valence-corrected chi connectivity index (χ3v) is 3.74. The lowest BCUT2D eigenvalue weighted by molar-refractivity contribution is 0.391. The van der Waals surface area contributed by atoms with E-state index in [1.165, 1.54) is 19.3 Å². The topological polar surface area (TPSA) is 63.8 Å². The van der Waals surface area contributed by atoms with Crippen LogP contribution < -0.4 is 11.1 Å². The second-order valence-electron chi connectivity index (χ2n) is 4.70. The van der Waals surface area contributed by atoms with Gasteiger partial charge in [0.05, 0.1) is 18.1 Å². The highest BCUT2D eigenvalue weighted by Gasteiger charge is 2.31. The molecule has 88 valence electrons. The van der Waals surface area contributed by atoms with E-state index in [-0.39, 0.29) is 0 Å². The Balaban J connectivity index is 1.98. The fourth-order valence-electron chi connectivity index (χ4n) is 2.61. The monoisotopic (exact) mass is 220 g/mol. The van der Waals surface area contributed by atoms with Crippen LogP contribution >= 0.6 is 0 Å². The number of nitrogens with one attached hydrogen (secondary N) is 1.